The summed E-state index contributed by atoms with van der Waals surface area (Å²) in [7, 11) is 0. The molecule has 3 nitrogen and oxygen atoms in total. The number of halogens is 1. The Bertz CT molecular complexity index is 459. The van der Waals surface area contributed by atoms with Gasteiger partial charge in [0.25, 0.3) is 0 Å². The summed E-state index contributed by atoms with van der Waals surface area (Å²) in [5, 5.41) is 3.99. The molecule has 1 heterocycles. The predicted octanol–water partition coefficient (Wildman–Crippen LogP) is 2.90. The summed E-state index contributed by atoms with van der Waals surface area (Å²) in [5.74, 6) is 0.832. The minimum absolute atomic E-state index is 0.620. The van der Waals surface area contributed by atoms with Gasteiger partial charge in [-0.1, -0.05) is 17.7 Å². The summed E-state index contributed by atoms with van der Waals surface area (Å²) in [6, 6.07) is 13.2. The van der Waals surface area contributed by atoms with Crippen LogP contribution in [0.15, 0.2) is 48.7 Å². The fourth-order valence-electron chi connectivity index (χ4n) is 1.49. The van der Waals surface area contributed by atoms with Crippen molar-refractivity contribution in [2.24, 2.45) is 0 Å². The molecule has 2 aromatic rings. The Morgan fingerprint density at radius 3 is 2.67 bits per heavy atom. The van der Waals surface area contributed by atoms with Gasteiger partial charge in [-0.3, -0.25) is 4.98 Å². The third-order valence-corrected chi connectivity index (χ3v) is 2.65. The number of ether oxygens (including phenoxy) is 1. The summed E-state index contributed by atoms with van der Waals surface area (Å²) in [6.07, 6.45) is 1.79. The van der Waals surface area contributed by atoms with Gasteiger partial charge in [-0.05, 0) is 36.4 Å². The van der Waals surface area contributed by atoms with Gasteiger partial charge in [0.1, 0.15) is 12.4 Å². The third-order valence-electron chi connectivity index (χ3n) is 2.39. The summed E-state index contributed by atoms with van der Waals surface area (Å²) >= 11 is 5.79. The van der Waals surface area contributed by atoms with Crippen LogP contribution < -0.4 is 10.1 Å². The first kappa shape index (κ1) is 12.9. The van der Waals surface area contributed by atoms with Gasteiger partial charge in [0, 0.05) is 24.3 Å². The molecule has 0 bridgehead atoms. The lowest BCUT2D eigenvalue weighted by Crippen LogP contribution is -2.21. The molecule has 1 N–H and O–H groups in total. The molecule has 0 saturated heterocycles. The van der Waals surface area contributed by atoms with E-state index in [1.807, 2.05) is 42.5 Å². The van der Waals surface area contributed by atoms with Crippen molar-refractivity contribution in [3.8, 4) is 5.75 Å². The highest BCUT2D eigenvalue weighted by Crippen LogP contribution is 2.15. The number of nitrogens with one attached hydrogen (secondary N) is 1. The molecule has 0 amide bonds. The van der Waals surface area contributed by atoms with Crippen molar-refractivity contribution in [3.63, 3.8) is 0 Å². The van der Waals surface area contributed by atoms with E-state index in [0.29, 0.717) is 6.61 Å². The van der Waals surface area contributed by atoms with Gasteiger partial charge >= 0.3 is 0 Å². The molecule has 18 heavy (non-hydrogen) atoms. The molecule has 1 aromatic carbocycles. The standard InChI is InChI=1S/C14H15ClN2O/c15-12-4-6-14(7-5-12)18-10-9-16-11-13-3-1-2-8-17-13/h1-8,16H,9-11H2. The van der Waals surface area contributed by atoms with E-state index in [9.17, 15) is 0 Å². The molecule has 0 aliphatic carbocycles. The van der Waals surface area contributed by atoms with Gasteiger partial charge in [-0.2, -0.15) is 0 Å². The van der Waals surface area contributed by atoms with Gasteiger partial charge in [0.2, 0.25) is 0 Å². The van der Waals surface area contributed by atoms with Crippen LogP contribution in [0.5, 0.6) is 5.75 Å². The minimum Gasteiger partial charge on any atom is -0.492 e. The van der Waals surface area contributed by atoms with Crippen LogP contribution in [0.1, 0.15) is 5.69 Å². The van der Waals surface area contributed by atoms with Gasteiger partial charge in [-0.15, -0.1) is 0 Å². The number of hydrogen-bond donors (Lipinski definition) is 1. The second kappa shape index (κ2) is 6.99. The van der Waals surface area contributed by atoms with Gasteiger partial charge in [0.15, 0.2) is 0 Å². The van der Waals surface area contributed by atoms with E-state index in [-0.39, 0.29) is 0 Å². The number of hydrogen-bond acceptors (Lipinski definition) is 3. The predicted molar refractivity (Wildman–Crippen MR) is 72.9 cm³/mol. The van der Waals surface area contributed by atoms with Crippen molar-refractivity contribution in [1.82, 2.24) is 10.3 Å². The zero-order valence-electron chi connectivity index (χ0n) is 9.97. The molecule has 0 radical (unpaired) electrons. The Kier molecular flexibility index (Phi) is 5.00. The first-order chi connectivity index (χ1) is 8.84. The first-order valence-corrected chi connectivity index (χ1v) is 6.21. The van der Waals surface area contributed by atoms with Crippen molar-refractivity contribution in [2.75, 3.05) is 13.2 Å². The minimum atomic E-state index is 0.620. The summed E-state index contributed by atoms with van der Waals surface area (Å²) < 4.78 is 5.56. The van der Waals surface area contributed by atoms with Crippen LogP contribution >= 0.6 is 11.6 Å². The first-order valence-electron chi connectivity index (χ1n) is 5.83. The Morgan fingerprint density at radius 1 is 1.11 bits per heavy atom. The quantitative estimate of drug-likeness (QED) is 0.813. The van der Waals surface area contributed by atoms with Crippen LogP contribution in [0.4, 0.5) is 0 Å². The van der Waals surface area contributed by atoms with Crippen molar-refractivity contribution in [2.45, 2.75) is 6.54 Å². The maximum absolute atomic E-state index is 5.79. The average molecular weight is 263 g/mol. The zero-order valence-corrected chi connectivity index (χ0v) is 10.7. The van der Waals surface area contributed by atoms with Crippen molar-refractivity contribution in [3.05, 3.63) is 59.4 Å². The van der Waals surface area contributed by atoms with E-state index in [4.69, 9.17) is 16.3 Å². The molecule has 0 unspecified atom stereocenters. The van der Waals surface area contributed by atoms with Crippen LogP contribution in [0.3, 0.4) is 0 Å². The lowest BCUT2D eigenvalue weighted by molar-refractivity contribution is 0.313. The highest BCUT2D eigenvalue weighted by molar-refractivity contribution is 6.30. The fourth-order valence-corrected chi connectivity index (χ4v) is 1.62. The maximum Gasteiger partial charge on any atom is 0.119 e. The summed E-state index contributed by atoms with van der Waals surface area (Å²) in [6.45, 7) is 2.15. The fraction of sp³-hybridized carbons (Fsp3) is 0.214. The van der Waals surface area contributed by atoms with Crippen LogP contribution in [-0.2, 0) is 6.54 Å². The van der Waals surface area contributed by atoms with Crippen LogP contribution in [0.2, 0.25) is 5.02 Å². The van der Waals surface area contributed by atoms with E-state index in [1.165, 1.54) is 0 Å². The highest BCUT2D eigenvalue weighted by atomic mass is 35.5. The van der Waals surface area contributed by atoms with E-state index in [0.717, 1.165) is 29.6 Å². The Morgan fingerprint density at radius 2 is 1.94 bits per heavy atom. The topological polar surface area (TPSA) is 34.1 Å². The number of pyridine rings is 1. The average Bonchev–Trinajstić information content (AvgIpc) is 2.42. The van der Waals surface area contributed by atoms with Gasteiger partial charge < -0.3 is 10.1 Å². The lowest BCUT2D eigenvalue weighted by Gasteiger charge is -2.07. The molecule has 0 saturated carbocycles. The number of benzene rings is 1. The molecule has 0 fully saturated rings. The number of rotatable bonds is 6. The van der Waals surface area contributed by atoms with Gasteiger partial charge in [0.05, 0.1) is 5.69 Å². The maximum atomic E-state index is 5.79. The molecule has 0 spiro atoms. The molecule has 1 aromatic heterocycles. The largest absolute Gasteiger partial charge is 0.492 e. The van der Waals surface area contributed by atoms with Crippen LogP contribution in [0.25, 0.3) is 0 Å². The van der Waals surface area contributed by atoms with E-state index >= 15 is 0 Å². The van der Waals surface area contributed by atoms with Crippen molar-refractivity contribution >= 4 is 11.6 Å². The highest BCUT2D eigenvalue weighted by Gasteiger charge is 1.95. The number of nitrogens with zero attached hydrogens (tertiary/aromatic N) is 1. The molecule has 0 aliphatic rings. The van der Waals surface area contributed by atoms with Crippen LogP contribution in [-0.4, -0.2) is 18.1 Å². The van der Waals surface area contributed by atoms with Crippen molar-refractivity contribution < 1.29 is 4.74 Å². The smallest absolute Gasteiger partial charge is 0.119 e. The molecule has 0 aliphatic heterocycles. The normalized spacial score (nSPS) is 10.3. The molecular formula is C14H15ClN2O. The molecule has 0 atom stereocenters. The monoisotopic (exact) mass is 262 g/mol. The van der Waals surface area contributed by atoms with E-state index in [2.05, 4.69) is 10.3 Å². The lowest BCUT2D eigenvalue weighted by atomic mass is 10.3. The Labute approximate surface area is 112 Å². The molecular weight excluding hydrogens is 248 g/mol. The molecule has 94 valence electrons. The SMILES string of the molecule is Clc1ccc(OCCNCc2ccccn2)cc1. The number of aromatic nitrogens is 1. The zero-order chi connectivity index (χ0) is 12.6. The Hall–Kier alpha value is -1.58. The van der Waals surface area contributed by atoms with E-state index < -0.39 is 0 Å². The second-order valence-corrected chi connectivity index (χ2v) is 4.24. The third kappa shape index (κ3) is 4.35. The molecule has 4 heteroatoms. The summed E-state index contributed by atoms with van der Waals surface area (Å²) in [4.78, 5) is 4.23. The van der Waals surface area contributed by atoms with E-state index in [1.54, 1.807) is 6.20 Å². The summed E-state index contributed by atoms with van der Waals surface area (Å²) in [5.41, 5.74) is 1.03. The second-order valence-electron chi connectivity index (χ2n) is 3.80. The Balaban J connectivity index is 1.63. The molecule has 2 rings (SSSR count). The van der Waals surface area contributed by atoms with Crippen LogP contribution in [0, 0.1) is 0 Å². The van der Waals surface area contributed by atoms with Crippen molar-refractivity contribution in [1.29, 1.82) is 0 Å². The van der Waals surface area contributed by atoms with Gasteiger partial charge in [-0.25, -0.2) is 0 Å².